The van der Waals surface area contributed by atoms with E-state index in [1.165, 1.54) is 0 Å². The van der Waals surface area contributed by atoms with E-state index in [1.54, 1.807) is 11.7 Å². The van der Waals surface area contributed by atoms with E-state index < -0.39 is 0 Å². The molecule has 2 aromatic rings. The summed E-state index contributed by atoms with van der Waals surface area (Å²) in [4.78, 5) is 0.287. The minimum atomic E-state index is 0.287. The summed E-state index contributed by atoms with van der Waals surface area (Å²) >= 11 is 8.48. The van der Waals surface area contributed by atoms with Crippen molar-refractivity contribution in [2.45, 2.75) is 13.8 Å². The highest BCUT2D eigenvalue weighted by Gasteiger charge is 2.18. The van der Waals surface area contributed by atoms with Gasteiger partial charge in [-0.05, 0) is 37.6 Å². The molecule has 100 valence electrons. The molecule has 0 atom stereocenters. The average Bonchev–Trinajstić information content (AvgIpc) is 2.57. The van der Waals surface area contributed by atoms with E-state index >= 15 is 0 Å². The van der Waals surface area contributed by atoms with Crippen molar-refractivity contribution >= 4 is 33.1 Å². The van der Waals surface area contributed by atoms with Gasteiger partial charge in [0.25, 0.3) is 0 Å². The Morgan fingerprint density at radius 3 is 2.68 bits per heavy atom. The molecule has 0 unspecified atom stereocenters. The lowest BCUT2D eigenvalue weighted by Crippen LogP contribution is -2.11. The van der Waals surface area contributed by atoms with E-state index in [2.05, 4.69) is 21.0 Å². The Morgan fingerprint density at radius 2 is 2.11 bits per heavy atom. The van der Waals surface area contributed by atoms with Gasteiger partial charge >= 0.3 is 0 Å². The zero-order valence-corrected chi connectivity index (χ0v) is 13.3. The summed E-state index contributed by atoms with van der Waals surface area (Å²) in [5, 5.41) is 4.29. The number of benzene rings is 1. The molecule has 0 amide bonds. The van der Waals surface area contributed by atoms with Gasteiger partial charge < -0.3 is 10.5 Å². The molecule has 19 heavy (non-hydrogen) atoms. The van der Waals surface area contributed by atoms with Crippen molar-refractivity contribution in [1.82, 2.24) is 9.78 Å². The van der Waals surface area contributed by atoms with Gasteiger partial charge in [0.1, 0.15) is 10.7 Å². The number of halogens is 1. The molecule has 4 nitrogen and oxygen atoms in total. The fraction of sp³-hybridized carbons (Fsp3) is 0.231. The fourth-order valence-corrected chi connectivity index (χ4v) is 2.58. The van der Waals surface area contributed by atoms with Crippen molar-refractivity contribution in [1.29, 1.82) is 0 Å². The molecule has 0 aliphatic heterocycles. The SMILES string of the molecule is Cc1cc(Br)ccc1Oc1c(C(N)=S)c(C)nn1C. The molecular formula is C13H14BrN3OS. The third-order valence-electron chi connectivity index (χ3n) is 2.76. The van der Waals surface area contributed by atoms with E-state index in [1.807, 2.05) is 32.0 Å². The molecule has 0 radical (unpaired) electrons. The minimum absolute atomic E-state index is 0.287. The third kappa shape index (κ3) is 2.79. The predicted octanol–water partition coefficient (Wildman–Crippen LogP) is 3.23. The van der Waals surface area contributed by atoms with Crippen molar-refractivity contribution in [3.8, 4) is 11.6 Å². The van der Waals surface area contributed by atoms with Gasteiger partial charge in [0.2, 0.25) is 5.88 Å². The van der Waals surface area contributed by atoms with Crippen LogP contribution in [0.4, 0.5) is 0 Å². The number of hydrogen-bond donors (Lipinski definition) is 1. The van der Waals surface area contributed by atoms with Crippen molar-refractivity contribution in [2.24, 2.45) is 12.8 Å². The lowest BCUT2D eigenvalue weighted by Gasteiger charge is -2.10. The van der Waals surface area contributed by atoms with Crippen LogP contribution >= 0.6 is 28.1 Å². The van der Waals surface area contributed by atoms with Crippen LogP contribution in [0, 0.1) is 13.8 Å². The minimum Gasteiger partial charge on any atom is -0.438 e. The Morgan fingerprint density at radius 1 is 1.42 bits per heavy atom. The highest BCUT2D eigenvalue weighted by Crippen LogP contribution is 2.30. The third-order valence-corrected chi connectivity index (χ3v) is 3.46. The second kappa shape index (κ2) is 5.30. The summed E-state index contributed by atoms with van der Waals surface area (Å²) in [5.74, 6) is 1.32. The summed E-state index contributed by atoms with van der Waals surface area (Å²) in [6, 6.07) is 5.80. The smallest absolute Gasteiger partial charge is 0.228 e. The Hall–Kier alpha value is -1.40. The topological polar surface area (TPSA) is 53.1 Å². The van der Waals surface area contributed by atoms with Crippen LogP contribution in [0.25, 0.3) is 0 Å². The number of nitrogens with two attached hydrogens (primary N) is 1. The number of thiocarbonyl (C=S) groups is 1. The van der Waals surface area contributed by atoms with Gasteiger partial charge in [0.15, 0.2) is 0 Å². The second-order valence-electron chi connectivity index (χ2n) is 4.27. The summed E-state index contributed by atoms with van der Waals surface area (Å²) < 4.78 is 8.57. The van der Waals surface area contributed by atoms with Gasteiger partial charge in [0.05, 0.1) is 11.3 Å². The molecular weight excluding hydrogens is 326 g/mol. The molecule has 6 heteroatoms. The van der Waals surface area contributed by atoms with Gasteiger partial charge in [-0.25, -0.2) is 4.68 Å². The first-order chi connectivity index (χ1) is 8.90. The van der Waals surface area contributed by atoms with Crippen LogP contribution < -0.4 is 10.5 Å². The van der Waals surface area contributed by atoms with E-state index in [4.69, 9.17) is 22.7 Å². The zero-order chi connectivity index (χ0) is 14.2. The lowest BCUT2D eigenvalue weighted by atomic mass is 10.2. The van der Waals surface area contributed by atoms with Crippen molar-refractivity contribution in [3.63, 3.8) is 0 Å². The first kappa shape index (κ1) is 14.0. The van der Waals surface area contributed by atoms with Gasteiger partial charge in [-0.2, -0.15) is 5.10 Å². The number of aryl methyl sites for hydroxylation is 3. The monoisotopic (exact) mass is 339 g/mol. The van der Waals surface area contributed by atoms with Crippen molar-refractivity contribution < 1.29 is 4.74 Å². The summed E-state index contributed by atoms with van der Waals surface area (Å²) in [6.45, 7) is 3.83. The van der Waals surface area contributed by atoms with E-state index in [-0.39, 0.29) is 4.99 Å². The van der Waals surface area contributed by atoms with Crippen LogP contribution in [0.3, 0.4) is 0 Å². The van der Waals surface area contributed by atoms with Crippen molar-refractivity contribution in [2.75, 3.05) is 0 Å². The zero-order valence-electron chi connectivity index (χ0n) is 10.9. The normalized spacial score (nSPS) is 10.5. The average molecular weight is 340 g/mol. The van der Waals surface area contributed by atoms with Crippen LogP contribution in [0.1, 0.15) is 16.8 Å². The Labute approximate surface area is 125 Å². The fourth-order valence-electron chi connectivity index (χ4n) is 1.87. The molecule has 1 aromatic heterocycles. The molecule has 1 aromatic carbocycles. The van der Waals surface area contributed by atoms with Crippen LogP contribution in [0.5, 0.6) is 11.6 Å². The molecule has 2 rings (SSSR count). The van der Waals surface area contributed by atoms with E-state index in [0.717, 1.165) is 21.5 Å². The quantitative estimate of drug-likeness (QED) is 0.872. The maximum atomic E-state index is 5.92. The molecule has 2 N–H and O–H groups in total. The highest BCUT2D eigenvalue weighted by molar-refractivity contribution is 9.10. The molecule has 0 saturated heterocycles. The predicted molar refractivity (Wildman–Crippen MR) is 82.8 cm³/mol. The van der Waals surface area contributed by atoms with Gasteiger partial charge in [-0.1, -0.05) is 28.1 Å². The molecule has 0 fully saturated rings. The molecule has 0 saturated carbocycles. The maximum Gasteiger partial charge on any atom is 0.228 e. The van der Waals surface area contributed by atoms with Gasteiger partial charge in [0, 0.05) is 11.5 Å². The van der Waals surface area contributed by atoms with Crippen LogP contribution in [0.15, 0.2) is 22.7 Å². The van der Waals surface area contributed by atoms with E-state index in [0.29, 0.717) is 11.4 Å². The Balaban J connectivity index is 2.46. The maximum absolute atomic E-state index is 5.92. The molecule has 0 bridgehead atoms. The largest absolute Gasteiger partial charge is 0.438 e. The lowest BCUT2D eigenvalue weighted by molar-refractivity contribution is 0.427. The van der Waals surface area contributed by atoms with Crippen LogP contribution in [0.2, 0.25) is 0 Å². The first-order valence-electron chi connectivity index (χ1n) is 5.67. The van der Waals surface area contributed by atoms with Crippen LogP contribution in [-0.2, 0) is 7.05 Å². The summed E-state index contributed by atoms with van der Waals surface area (Å²) in [5.41, 5.74) is 8.20. The molecule has 0 spiro atoms. The van der Waals surface area contributed by atoms with Gasteiger partial charge in [-0.3, -0.25) is 0 Å². The van der Waals surface area contributed by atoms with Gasteiger partial charge in [-0.15, -0.1) is 0 Å². The van der Waals surface area contributed by atoms with Crippen molar-refractivity contribution in [3.05, 3.63) is 39.5 Å². The number of nitrogens with zero attached hydrogens (tertiary/aromatic N) is 2. The Kier molecular flexibility index (Phi) is 3.91. The molecule has 0 aliphatic carbocycles. The number of rotatable bonds is 3. The first-order valence-corrected chi connectivity index (χ1v) is 6.87. The number of hydrogen-bond acceptors (Lipinski definition) is 3. The molecule has 0 aliphatic rings. The Bertz CT molecular complexity index is 652. The molecule has 1 heterocycles. The van der Waals surface area contributed by atoms with E-state index in [9.17, 15) is 0 Å². The second-order valence-corrected chi connectivity index (χ2v) is 5.62. The standard InChI is InChI=1S/C13H14BrN3OS/c1-7-6-9(14)4-5-10(7)18-13-11(12(15)19)8(2)16-17(13)3/h4-6H,1-3H3,(H2,15,19). The number of ether oxygens (including phenoxy) is 1. The summed E-state index contributed by atoms with van der Waals surface area (Å²) in [6.07, 6.45) is 0. The summed E-state index contributed by atoms with van der Waals surface area (Å²) in [7, 11) is 1.80. The highest BCUT2D eigenvalue weighted by atomic mass is 79.9. The van der Waals surface area contributed by atoms with Crippen LogP contribution in [-0.4, -0.2) is 14.8 Å². The number of aromatic nitrogens is 2.